The summed E-state index contributed by atoms with van der Waals surface area (Å²) in [7, 11) is -4.63. The minimum Gasteiger partial charge on any atom is -0.464 e. The van der Waals surface area contributed by atoms with Crippen molar-refractivity contribution in [3.05, 3.63) is 24.2 Å². The number of nitrogens with one attached hydrogen (secondary N) is 1. The average molecular weight is 781 g/mol. The van der Waals surface area contributed by atoms with Gasteiger partial charge in [0.05, 0.1) is 36.2 Å². The Balaban J connectivity index is 2.06. The van der Waals surface area contributed by atoms with E-state index in [9.17, 15) is 29.0 Å². The molecule has 3 heterocycles. The molecule has 0 unspecified atom stereocenters. The van der Waals surface area contributed by atoms with E-state index in [1.807, 2.05) is 13.8 Å². The molecule has 1 saturated heterocycles. The van der Waals surface area contributed by atoms with E-state index in [2.05, 4.69) is 21.2 Å². The predicted octanol–water partition coefficient (Wildman–Crippen LogP) is 4.21. The van der Waals surface area contributed by atoms with Crippen LogP contribution in [0.15, 0.2) is 18.5 Å². The first-order valence-electron chi connectivity index (χ1n) is 17.8. The number of esters is 4. The molecule has 1 aliphatic heterocycles. The Kier molecular flexibility index (Phi) is 15.1. The van der Waals surface area contributed by atoms with E-state index in [1.165, 1.54) is 23.6 Å². The lowest BCUT2D eigenvalue weighted by Crippen LogP contribution is -2.47. The molecule has 6 atom stereocenters. The molecule has 0 aromatic carbocycles. The smallest absolute Gasteiger partial charge is 0.409 e. The van der Waals surface area contributed by atoms with Gasteiger partial charge in [0.15, 0.2) is 18.0 Å². The molecule has 18 nitrogen and oxygen atoms in total. The number of nitrogen functional groups attached to an aromatic ring is 1. The van der Waals surface area contributed by atoms with Gasteiger partial charge in [0, 0.05) is 0 Å². The number of hydrogen-bond acceptors (Lipinski definition) is 16. The van der Waals surface area contributed by atoms with Crippen LogP contribution in [0.3, 0.4) is 0 Å². The number of fused-ring (bicyclic) bond motifs is 1. The molecule has 1 fully saturated rings. The second-order valence-corrected chi connectivity index (χ2v) is 16.4. The lowest BCUT2D eigenvalue weighted by atomic mass is 9.92. The van der Waals surface area contributed by atoms with Gasteiger partial charge in [-0.25, -0.2) is 19.2 Å². The summed E-state index contributed by atoms with van der Waals surface area (Å²) in [5, 5.41) is 17.6. The summed E-state index contributed by atoms with van der Waals surface area (Å²) in [5.74, 6) is -4.09. The standard InChI is InChI=1S/C35H53N6O12P/c1-11-23(12-2)15-47-32(44)22(7)40-54(46,50-19-48-33(45)34(8,9)10)49-16-25-27(51-30(42)20(3)4)28(52-31(43)21(5)6)35(17-36,53-25)26-14-13-24-29(37)38-18-39-41(24)26/h13-14,18,20-23,25,27-28H,11-12,15-16,19H2,1-10H3,(H,40,46)(H2,37,38,39)/t22-,25+,27+,28+,35-,54-/m0/s1. The lowest BCUT2D eigenvalue weighted by molar-refractivity contribution is -0.173. The Morgan fingerprint density at radius 1 is 1.02 bits per heavy atom. The zero-order valence-electron chi connectivity index (χ0n) is 32.5. The van der Waals surface area contributed by atoms with Gasteiger partial charge in [-0.2, -0.15) is 10.4 Å². The van der Waals surface area contributed by atoms with Crippen molar-refractivity contribution in [2.24, 2.45) is 23.2 Å². The van der Waals surface area contributed by atoms with Gasteiger partial charge in [-0.05, 0) is 45.7 Å². The van der Waals surface area contributed by atoms with E-state index in [4.69, 9.17) is 38.5 Å². The van der Waals surface area contributed by atoms with Crippen LogP contribution < -0.4 is 10.8 Å². The van der Waals surface area contributed by atoms with E-state index >= 15 is 0 Å². The summed E-state index contributed by atoms with van der Waals surface area (Å²) >= 11 is 0. The number of ether oxygens (including phenoxy) is 5. The molecule has 2 aromatic rings. The number of aromatic nitrogens is 3. The molecule has 300 valence electrons. The first-order chi connectivity index (χ1) is 25.2. The quantitative estimate of drug-likeness (QED) is 0.0931. The third-order valence-electron chi connectivity index (χ3n) is 8.62. The maximum atomic E-state index is 14.3. The summed E-state index contributed by atoms with van der Waals surface area (Å²) in [5.41, 5.74) is 3.27. The van der Waals surface area contributed by atoms with Gasteiger partial charge in [-0.3, -0.25) is 28.2 Å². The molecule has 0 bridgehead atoms. The van der Waals surface area contributed by atoms with Crippen molar-refractivity contribution in [2.75, 3.05) is 25.7 Å². The van der Waals surface area contributed by atoms with Gasteiger partial charge in [-0.15, -0.1) is 0 Å². The highest BCUT2D eigenvalue weighted by Gasteiger charge is 2.63. The maximum absolute atomic E-state index is 14.3. The fourth-order valence-corrected chi connectivity index (χ4v) is 6.46. The second-order valence-electron chi connectivity index (χ2n) is 14.6. The van der Waals surface area contributed by atoms with E-state index in [0.29, 0.717) is 5.52 Å². The average Bonchev–Trinajstić information content (AvgIpc) is 3.67. The highest BCUT2D eigenvalue weighted by atomic mass is 31.2. The topological polar surface area (TPSA) is 242 Å². The molecule has 0 radical (unpaired) electrons. The third-order valence-corrected chi connectivity index (χ3v) is 10.3. The molecule has 0 aliphatic carbocycles. The highest BCUT2D eigenvalue weighted by molar-refractivity contribution is 7.51. The molecule has 3 N–H and O–H groups in total. The number of anilines is 1. The number of nitrogens with two attached hydrogens (primary N) is 1. The van der Waals surface area contributed by atoms with Crippen molar-refractivity contribution in [2.45, 2.75) is 112 Å². The van der Waals surface area contributed by atoms with Crippen LogP contribution in [0.25, 0.3) is 5.52 Å². The van der Waals surface area contributed by atoms with Crippen molar-refractivity contribution in [3.63, 3.8) is 0 Å². The zero-order valence-corrected chi connectivity index (χ0v) is 33.4. The molecule has 3 rings (SSSR count). The Labute approximate surface area is 315 Å². The molecule has 0 amide bonds. The van der Waals surface area contributed by atoms with Crippen molar-refractivity contribution >= 4 is 43.0 Å². The largest absolute Gasteiger partial charge is 0.464 e. The summed E-state index contributed by atoms with van der Waals surface area (Å²) in [4.78, 5) is 55.7. The van der Waals surface area contributed by atoms with E-state index < -0.39 is 92.2 Å². The molecule has 1 aliphatic rings. The van der Waals surface area contributed by atoms with E-state index in [0.717, 1.165) is 19.2 Å². The summed E-state index contributed by atoms with van der Waals surface area (Å²) in [6.45, 7) is 15.0. The van der Waals surface area contributed by atoms with Gasteiger partial charge in [0.2, 0.25) is 12.4 Å². The molecular weight excluding hydrogens is 727 g/mol. The van der Waals surface area contributed by atoms with Crippen molar-refractivity contribution in [1.29, 1.82) is 5.26 Å². The van der Waals surface area contributed by atoms with Gasteiger partial charge in [0.25, 0.3) is 0 Å². The molecule has 0 spiro atoms. The molecule has 54 heavy (non-hydrogen) atoms. The summed E-state index contributed by atoms with van der Waals surface area (Å²) in [6, 6.07) is 3.83. The van der Waals surface area contributed by atoms with Crippen molar-refractivity contribution < 1.29 is 56.5 Å². The van der Waals surface area contributed by atoms with Gasteiger partial charge in [-0.1, -0.05) is 54.4 Å². The summed E-state index contributed by atoms with van der Waals surface area (Å²) < 4.78 is 55.6. The lowest BCUT2D eigenvalue weighted by Gasteiger charge is -2.29. The number of hydrogen-bond donors (Lipinski definition) is 2. The van der Waals surface area contributed by atoms with Crippen molar-refractivity contribution in [1.82, 2.24) is 19.7 Å². The SMILES string of the molecule is CCC(CC)COC(=O)[C@H](C)N[P@@](=O)(OCOC(=O)C(C)(C)C)OC[C@H]1O[C@@](C#N)(c2ccc3c(N)ncnn23)[C@H](OC(=O)C(C)C)[C@@H]1OC(=O)C(C)C. The molecule has 0 saturated carbocycles. The molecular formula is C35H53N6O12P. The number of carbonyl (C=O) groups is 4. The van der Waals surface area contributed by atoms with Crippen molar-refractivity contribution in [3.8, 4) is 6.07 Å². The van der Waals surface area contributed by atoms with Crippen LogP contribution >= 0.6 is 7.75 Å². The van der Waals surface area contributed by atoms with Crippen LogP contribution in [-0.2, 0) is 62.1 Å². The van der Waals surface area contributed by atoms with Crippen LogP contribution in [0.1, 0.15) is 87.8 Å². The minimum absolute atomic E-state index is 0.0456. The van der Waals surface area contributed by atoms with Gasteiger partial charge >= 0.3 is 31.6 Å². The predicted molar refractivity (Wildman–Crippen MR) is 192 cm³/mol. The summed E-state index contributed by atoms with van der Waals surface area (Å²) in [6.07, 6.45) is -1.91. The fourth-order valence-electron chi connectivity index (χ4n) is 5.12. The molecule has 2 aromatic heterocycles. The van der Waals surface area contributed by atoms with E-state index in [-0.39, 0.29) is 24.0 Å². The van der Waals surface area contributed by atoms with Gasteiger partial charge in [0.1, 0.15) is 30.1 Å². The van der Waals surface area contributed by atoms with Crippen LogP contribution in [0, 0.1) is 34.5 Å². The zero-order chi connectivity index (χ0) is 40.6. The Bertz CT molecular complexity index is 1730. The minimum atomic E-state index is -4.63. The normalized spacial score (nSPS) is 21.8. The first-order valence-corrected chi connectivity index (χ1v) is 19.4. The van der Waals surface area contributed by atoms with E-state index in [1.54, 1.807) is 48.5 Å². The number of nitrogens with zero attached hydrogens (tertiary/aromatic N) is 4. The Hall–Kier alpha value is -4.14. The first kappa shape index (κ1) is 44.3. The van der Waals surface area contributed by atoms with Crippen LogP contribution in [-0.4, -0.2) is 82.8 Å². The monoisotopic (exact) mass is 780 g/mol. The number of rotatable bonds is 18. The van der Waals surface area contributed by atoms with Crippen LogP contribution in [0.4, 0.5) is 5.82 Å². The second kappa shape index (κ2) is 18.5. The maximum Gasteiger partial charge on any atom is 0.409 e. The number of carbonyl (C=O) groups excluding carboxylic acids is 4. The fraction of sp³-hybridized carbons (Fsp3) is 0.686. The van der Waals surface area contributed by atoms with Crippen LogP contribution in [0.5, 0.6) is 0 Å². The van der Waals surface area contributed by atoms with Gasteiger partial charge < -0.3 is 29.4 Å². The third kappa shape index (κ3) is 10.5. The van der Waals surface area contributed by atoms with Crippen LogP contribution in [0.2, 0.25) is 0 Å². The molecule has 19 heteroatoms. The number of nitriles is 1. The Morgan fingerprint density at radius 2 is 1.65 bits per heavy atom. The highest BCUT2D eigenvalue weighted by Crippen LogP contribution is 2.48. The Morgan fingerprint density at radius 3 is 2.22 bits per heavy atom.